The first-order valence-corrected chi connectivity index (χ1v) is 9.21. The molecule has 1 N–H and O–H groups in total. The summed E-state index contributed by atoms with van der Waals surface area (Å²) in [5.41, 5.74) is 0.531. The van der Waals surface area contributed by atoms with E-state index in [2.05, 4.69) is 11.3 Å². The minimum absolute atomic E-state index is 0.235. The minimum Gasteiger partial charge on any atom is -0.223 e. The molecule has 0 saturated carbocycles. The summed E-state index contributed by atoms with van der Waals surface area (Å²) in [7, 11) is -6.89. The van der Waals surface area contributed by atoms with E-state index in [1.807, 2.05) is 0 Å². The Morgan fingerprint density at radius 2 is 2.22 bits per heavy atom. The monoisotopic (exact) mass is 307 g/mol. The highest BCUT2D eigenvalue weighted by Crippen LogP contribution is 2.39. The molecule has 2 atom stereocenters. The minimum atomic E-state index is -3.58. The molecule has 0 unspecified atom stereocenters. The van der Waals surface area contributed by atoms with Gasteiger partial charge >= 0.3 is 0 Å². The number of rotatable bonds is 3. The molecule has 1 aromatic rings. The van der Waals surface area contributed by atoms with Crippen molar-refractivity contribution >= 4 is 31.2 Å². The average Bonchev–Trinajstić information content (AvgIpc) is 2.76. The molecule has 0 bridgehead atoms. The molecule has 18 heavy (non-hydrogen) atoms. The van der Waals surface area contributed by atoms with Crippen LogP contribution in [0.2, 0.25) is 0 Å². The van der Waals surface area contributed by atoms with Crippen molar-refractivity contribution in [3.05, 3.63) is 29.0 Å². The Kier molecular flexibility index (Phi) is 3.39. The quantitative estimate of drug-likeness (QED) is 0.915. The summed E-state index contributed by atoms with van der Waals surface area (Å²) in [6.07, 6.45) is 0.235. The molecule has 5 nitrogen and oxygen atoms in total. The summed E-state index contributed by atoms with van der Waals surface area (Å²) in [4.78, 5) is 0. The summed E-state index contributed by atoms with van der Waals surface area (Å²) in [5, 5.41) is 1.89. The maximum absolute atomic E-state index is 12.1. The molecule has 2 heterocycles. The van der Waals surface area contributed by atoms with Gasteiger partial charge in [0.2, 0.25) is 10.0 Å². The molecular weight excluding hydrogens is 294 g/mol. The van der Waals surface area contributed by atoms with Gasteiger partial charge in [0.05, 0.1) is 11.3 Å². The lowest BCUT2D eigenvalue weighted by Crippen LogP contribution is -2.35. The fourth-order valence-corrected chi connectivity index (χ4v) is 5.87. The molecule has 0 aliphatic carbocycles. The summed E-state index contributed by atoms with van der Waals surface area (Å²) >= 11 is 1.12. The van der Waals surface area contributed by atoms with Crippen LogP contribution in [-0.4, -0.2) is 22.1 Å². The predicted octanol–water partition coefficient (Wildman–Crippen LogP) is 1.42. The summed E-state index contributed by atoms with van der Waals surface area (Å²) in [6, 6.07) is 1.15. The first-order valence-electron chi connectivity index (χ1n) is 5.24. The fraction of sp³-hybridized carbons (Fsp3) is 0.400. The Morgan fingerprint density at radius 3 is 2.83 bits per heavy atom. The van der Waals surface area contributed by atoms with E-state index < -0.39 is 31.2 Å². The molecule has 100 valence electrons. The number of sulfone groups is 1. The van der Waals surface area contributed by atoms with Gasteiger partial charge in [0.25, 0.3) is 0 Å². The van der Waals surface area contributed by atoms with Crippen molar-refractivity contribution in [3.8, 4) is 0 Å². The summed E-state index contributed by atoms with van der Waals surface area (Å²) < 4.78 is 49.8. The van der Waals surface area contributed by atoms with Crippen molar-refractivity contribution < 1.29 is 16.8 Å². The zero-order chi connectivity index (χ0) is 13.6. The van der Waals surface area contributed by atoms with Crippen LogP contribution in [0, 0.1) is 0 Å². The van der Waals surface area contributed by atoms with Gasteiger partial charge in [0.15, 0.2) is 9.84 Å². The predicted molar refractivity (Wildman–Crippen MR) is 70.6 cm³/mol. The van der Waals surface area contributed by atoms with Gasteiger partial charge in [-0.05, 0) is 30.4 Å². The van der Waals surface area contributed by atoms with Gasteiger partial charge in [-0.3, -0.25) is 0 Å². The fourth-order valence-electron chi connectivity index (χ4n) is 1.92. The third kappa shape index (κ3) is 2.25. The van der Waals surface area contributed by atoms with Crippen molar-refractivity contribution in [2.75, 3.05) is 0 Å². The Hall–Kier alpha value is -0.700. The van der Waals surface area contributed by atoms with E-state index in [4.69, 9.17) is 0 Å². The van der Waals surface area contributed by atoms with Crippen molar-refractivity contribution in [2.24, 2.45) is 0 Å². The normalized spacial score (nSPS) is 26.5. The molecule has 8 heteroatoms. The van der Waals surface area contributed by atoms with Crippen molar-refractivity contribution in [1.82, 2.24) is 4.72 Å². The molecule has 0 radical (unpaired) electrons. The summed E-state index contributed by atoms with van der Waals surface area (Å²) in [6.45, 7) is 4.81. The van der Waals surface area contributed by atoms with Crippen LogP contribution in [0.15, 0.2) is 27.6 Å². The Labute approximate surface area is 111 Å². The molecule has 0 saturated heterocycles. The van der Waals surface area contributed by atoms with E-state index in [0.29, 0.717) is 5.56 Å². The van der Waals surface area contributed by atoms with Crippen LogP contribution >= 0.6 is 11.3 Å². The van der Waals surface area contributed by atoms with E-state index in [9.17, 15) is 16.8 Å². The third-order valence-electron chi connectivity index (χ3n) is 2.92. The first kappa shape index (κ1) is 13.7. The molecule has 0 spiro atoms. The number of fused-ring (bicyclic) bond motifs is 1. The highest BCUT2D eigenvalue weighted by atomic mass is 32.2. The van der Waals surface area contributed by atoms with Crippen molar-refractivity contribution in [1.29, 1.82) is 0 Å². The van der Waals surface area contributed by atoms with Crippen molar-refractivity contribution in [3.63, 3.8) is 0 Å². The van der Waals surface area contributed by atoms with Crippen LogP contribution in [-0.2, 0) is 19.9 Å². The van der Waals surface area contributed by atoms with Crippen LogP contribution in [0.3, 0.4) is 0 Å². The number of hydrogen-bond acceptors (Lipinski definition) is 5. The SMILES string of the molecule is C=CS(=O)(=O)N[C@H]1C[C@H](C)S(=O)(=O)c2sccc21. The molecule has 1 aliphatic heterocycles. The standard InChI is InChI=1S/C10H13NO4S3/c1-3-17(12,13)11-9-6-7(2)18(14,15)10-8(9)4-5-16-10/h3-5,7,9,11H,1,6H2,2H3/t7-,9-/m0/s1. The molecular formula is C10H13NO4S3. The van der Waals surface area contributed by atoms with Gasteiger partial charge in [0.1, 0.15) is 4.21 Å². The Balaban J connectivity index is 2.47. The summed E-state index contributed by atoms with van der Waals surface area (Å²) in [5.74, 6) is 0. The molecule has 1 aliphatic rings. The number of hydrogen-bond donors (Lipinski definition) is 1. The molecule has 1 aromatic heterocycles. The lowest BCUT2D eigenvalue weighted by molar-refractivity contribution is 0.509. The molecule has 0 amide bonds. The Bertz CT molecular complexity index is 672. The van der Waals surface area contributed by atoms with Gasteiger partial charge in [0, 0.05) is 5.41 Å². The van der Waals surface area contributed by atoms with E-state index in [1.165, 1.54) is 0 Å². The van der Waals surface area contributed by atoms with E-state index in [0.717, 1.165) is 16.7 Å². The van der Waals surface area contributed by atoms with Gasteiger partial charge in [-0.2, -0.15) is 0 Å². The zero-order valence-corrected chi connectivity index (χ0v) is 12.1. The van der Waals surface area contributed by atoms with Crippen molar-refractivity contribution in [2.45, 2.75) is 28.8 Å². The van der Waals surface area contributed by atoms with Gasteiger partial charge in [-0.1, -0.05) is 6.58 Å². The van der Waals surface area contributed by atoms with E-state index >= 15 is 0 Å². The smallest absolute Gasteiger partial charge is 0.223 e. The van der Waals surface area contributed by atoms with E-state index in [1.54, 1.807) is 18.4 Å². The third-order valence-corrected chi connectivity index (χ3v) is 7.68. The number of thiophene rings is 1. The van der Waals surface area contributed by atoms with Gasteiger partial charge in [-0.15, -0.1) is 11.3 Å². The van der Waals surface area contributed by atoms with Crippen LogP contribution in [0.1, 0.15) is 24.9 Å². The van der Waals surface area contributed by atoms with Crippen LogP contribution in [0.4, 0.5) is 0 Å². The topological polar surface area (TPSA) is 80.3 Å². The lowest BCUT2D eigenvalue weighted by Gasteiger charge is -2.27. The van der Waals surface area contributed by atoms with Crippen LogP contribution < -0.4 is 4.72 Å². The molecule has 0 aromatic carbocycles. The second-order valence-corrected chi connectivity index (χ2v) is 9.27. The highest BCUT2D eigenvalue weighted by molar-refractivity contribution is 7.94. The largest absolute Gasteiger partial charge is 0.233 e. The number of sulfonamides is 1. The lowest BCUT2D eigenvalue weighted by atomic mass is 10.1. The zero-order valence-electron chi connectivity index (χ0n) is 9.66. The maximum Gasteiger partial charge on any atom is 0.233 e. The second kappa shape index (κ2) is 4.44. The molecule has 2 rings (SSSR count). The first-order chi connectivity index (χ1) is 8.28. The van der Waals surface area contributed by atoms with Crippen LogP contribution in [0.5, 0.6) is 0 Å². The van der Waals surface area contributed by atoms with E-state index in [-0.39, 0.29) is 10.6 Å². The van der Waals surface area contributed by atoms with Gasteiger partial charge < -0.3 is 0 Å². The number of nitrogens with one attached hydrogen (secondary N) is 1. The Morgan fingerprint density at radius 1 is 1.56 bits per heavy atom. The van der Waals surface area contributed by atoms with Crippen LogP contribution in [0.25, 0.3) is 0 Å². The highest BCUT2D eigenvalue weighted by Gasteiger charge is 2.38. The second-order valence-electron chi connectivity index (χ2n) is 4.14. The average molecular weight is 307 g/mol. The maximum atomic E-state index is 12.1. The molecule has 0 fully saturated rings. The van der Waals surface area contributed by atoms with Gasteiger partial charge in [-0.25, -0.2) is 21.6 Å².